The minimum atomic E-state index is -0.654. The molecule has 8 nitrogen and oxygen atoms in total. The Labute approximate surface area is 188 Å². The van der Waals surface area contributed by atoms with E-state index in [0.29, 0.717) is 16.3 Å². The molecule has 1 saturated heterocycles. The molecule has 4 rings (SSSR count). The number of carbonyl (C=O) groups excluding carboxylic acids is 2. The first-order valence-corrected chi connectivity index (χ1v) is 11.0. The van der Waals surface area contributed by atoms with Crippen molar-refractivity contribution < 1.29 is 14.5 Å². The van der Waals surface area contributed by atoms with Crippen LogP contribution in [0.5, 0.6) is 0 Å². The molecule has 0 bridgehead atoms. The van der Waals surface area contributed by atoms with E-state index in [1.54, 1.807) is 12.1 Å². The summed E-state index contributed by atoms with van der Waals surface area (Å²) < 4.78 is 0. The number of carbonyl (C=O) groups is 2. The van der Waals surface area contributed by atoms with Crippen molar-refractivity contribution in [2.24, 2.45) is 5.73 Å². The first-order valence-electron chi connectivity index (χ1n) is 10.2. The Balaban J connectivity index is 1.68. The first kappa shape index (κ1) is 21.5. The molecule has 9 heteroatoms. The van der Waals surface area contributed by atoms with Crippen molar-refractivity contribution in [3.8, 4) is 11.1 Å². The van der Waals surface area contributed by atoms with E-state index < -0.39 is 16.7 Å². The lowest BCUT2D eigenvalue weighted by molar-refractivity contribution is -0.384. The molecule has 2 aromatic carbocycles. The fraction of sp³-hybridized carbons (Fsp3) is 0.217. The van der Waals surface area contributed by atoms with Gasteiger partial charge in [0, 0.05) is 35.2 Å². The fourth-order valence-electron chi connectivity index (χ4n) is 4.03. The molecule has 1 aromatic heterocycles. The standard InChI is InChI=1S/C23H22N4O4S/c1-14-19(15-7-3-2-4-8-15)20(21(24)28)23(32-14)25-22(29)16-9-10-17(18(13-16)27(30)31)26-11-5-6-12-26/h2-4,7-10,13H,5-6,11-12H2,1H3,(H2,24,28)(H,25,29). The summed E-state index contributed by atoms with van der Waals surface area (Å²) >= 11 is 1.25. The molecule has 0 saturated carbocycles. The van der Waals surface area contributed by atoms with Crippen LogP contribution in [0.2, 0.25) is 0 Å². The van der Waals surface area contributed by atoms with Crippen molar-refractivity contribution in [3.05, 3.63) is 74.6 Å². The molecule has 3 N–H and O–H groups in total. The van der Waals surface area contributed by atoms with E-state index in [1.165, 1.54) is 17.4 Å². The van der Waals surface area contributed by atoms with Crippen LogP contribution in [0.15, 0.2) is 48.5 Å². The molecule has 1 aliphatic heterocycles. The van der Waals surface area contributed by atoms with Gasteiger partial charge in [-0.2, -0.15) is 0 Å². The number of nitro benzene ring substituents is 1. The van der Waals surface area contributed by atoms with Crippen molar-refractivity contribution in [3.63, 3.8) is 0 Å². The van der Waals surface area contributed by atoms with Crippen LogP contribution in [-0.2, 0) is 0 Å². The number of hydrogen-bond donors (Lipinski definition) is 2. The van der Waals surface area contributed by atoms with E-state index >= 15 is 0 Å². The summed E-state index contributed by atoms with van der Waals surface area (Å²) in [5.74, 6) is -1.19. The third kappa shape index (κ3) is 4.06. The maximum atomic E-state index is 13.0. The molecule has 0 spiro atoms. The van der Waals surface area contributed by atoms with Crippen molar-refractivity contribution in [1.82, 2.24) is 0 Å². The number of aryl methyl sites for hydroxylation is 1. The molecule has 2 amide bonds. The number of thiophene rings is 1. The third-order valence-electron chi connectivity index (χ3n) is 5.50. The van der Waals surface area contributed by atoms with Gasteiger partial charge in [0.25, 0.3) is 17.5 Å². The number of nitro groups is 1. The number of nitrogens with two attached hydrogens (primary N) is 1. The summed E-state index contributed by atoms with van der Waals surface area (Å²) in [5.41, 5.74) is 7.93. The molecular weight excluding hydrogens is 428 g/mol. The number of nitrogens with one attached hydrogen (secondary N) is 1. The molecule has 164 valence electrons. The normalized spacial score (nSPS) is 13.2. The quantitative estimate of drug-likeness (QED) is 0.421. The smallest absolute Gasteiger partial charge is 0.293 e. The van der Waals surface area contributed by atoms with Gasteiger partial charge in [-0.25, -0.2) is 0 Å². The van der Waals surface area contributed by atoms with Gasteiger partial charge in [-0.15, -0.1) is 11.3 Å². The topological polar surface area (TPSA) is 119 Å². The molecule has 0 unspecified atom stereocenters. The predicted octanol–water partition coefficient (Wildman–Crippen LogP) is 4.58. The zero-order valence-electron chi connectivity index (χ0n) is 17.5. The van der Waals surface area contributed by atoms with E-state index in [-0.39, 0.29) is 16.8 Å². The maximum Gasteiger partial charge on any atom is 0.293 e. The van der Waals surface area contributed by atoms with Crippen LogP contribution in [0.1, 0.15) is 38.4 Å². The summed E-state index contributed by atoms with van der Waals surface area (Å²) in [5, 5.41) is 14.7. The summed E-state index contributed by atoms with van der Waals surface area (Å²) in [6.45, 7) is 3.36. The molecule has 1 fully saturated rings. The number of primary amides is 1. The Morgan fingerprint density at radius 3 is 2.44 bits per heavy atom. The van der Waals surface area contributed by atoms with Gasteiger partial charge in [-0.05, 0) is 37.5 Å². The monoisotopic (exact) mass is 450 g/mol. The van der Waals surface area contributed by atoms with Gasteiger partial charge >= 0.3 is 0 Å². The largest absolute Gasteiger partial charge is 0.366 e. The molecule has 2 heterocycles. The Kier molecular flexibility index (Phi) is 5.91. The number of hydrogen-bond acceptors (Lipinski definition) is 6. The van der Waals surface area contributed by atoms with Crippen LogP contribution in [0.3, 0.4) is 0 Å². The zero-order chi connectivity index (χ0) is 22.8. The zero-order valence-corrected chi connectivity index (χ0v) is 18.3. The van der Waals surface area contributed by atoms with Gasteiger partial charge < -0.3 is 16.0 Å². The lowest BCUT2D eigenvalue weighted by Crippen LogP contribution is -2.20. The third-order valence-corrected chi connectivity index (χ3v) is 6.52. The van der Waals surface area contributed by atoms with Crippen molar-refractivity contribution in [2.75, 3.05) is 23.3 Å². The van der Waals surface area contributed by atoms with Gasteiger partial charge in [0.15, 0.2) is 0 Å². The molecule has 0 radical (unpaired) electrons. The Morgan fingerprint density at radius 2 is 1.81 bits per heavy atom. The number of benzene rings is 2. The molecule has 1 aliphatic rings. The Morgan fingerprint density at radius 1 is 1.12 bits per heavy atom. The van der Waals surface area contributed by atoms with Crippen LogP contribution in [0.4, 0.5) is 16.4 Å². The van der Waals surface area contributed by atoms with Gasteiger partial charge in [-0.1, -0.05) is 30.3 Å². The van der Waals surface area contributed by atoms with Gasteiger partial charge in [-0.3, -0.25) is 19.7 Å². The van der Waals surface area contributed by atoms with Crippen LogP contribution in [0, 0.1) is 17.0 Å². The lowest BCUT2D eigenvalue weighted by Gasteiger charge is -2.17. The highest BCUT2D eigenvalue weighted by atomic mass is 32.1. The van der Waals surface area contributed by atoms with E-state index in [1.807, 2.05) is 42.2 Å². The average Bonchev–Trinajstić information content (AvgIpc) is 3.41. The van der Waals surface area contributed by atoms with Crippen LogP contribution < -0.4 is 16.0 Å². The van der Waals surface area contributed by atoms with E-state index in [0.717, 1.165) is 36.4 Å². The van der Waals surface area contributed by atoms with E-state index in [2.05, 4.69) is 5.32 Å². The minimum Gasteiger partial charge on any atom is -0.366 e. The highest BCUT2D eigenvalue weighted by Gasteiger charge is 2.26. The predicted molar refractivity (Wildman–Crippen MR) is 126 cm³/mol. The van der Waals surface area contributed by atoms with Gasteiger partial charge in [0.1, 0.15) is 10.7 Å². The SMILES string of the molecule is Cc1sc(NC(=O)c2ccc(N3CCCC3)c([N+](=O)[O-])c2)c(C(N)=O)c1-c1ccccc1. The minimum absolute atomic E-state index is 0.109. The second-order valence-corrected chi connectivity index (χ2v) is 8.80. The molecular formula is C23H22N4O4S. The van der Waals surface area contributed by atoms with Crippen LogP contribution in [-0.4, -0.2) is 29.8 Å². The molecule has 0 atom stereocenters. The second kappa shape index (κ2) is 8.80. The summed E-state index contributed by atoms with van der Waals surface area (Å²) in [6, 6.07) is 13.8. The van der Waals surface area contributed by atoms with Gasteiger partial charge in [0.05, 0.1) is 10.5 Å². The average molecular weight is 451 g/mol. The fourth-order valence-corrected chi connectivity index (χ4v) is 5.11. The van der Waals surface area contributed by atoms with Crippen LogP contribution in [0.25, 0.3) is 11.1 Å². The molecule has 0 aliphatic carbocycles. The number of rotatable bonds is 6. The highest BCUT2D eigenvalue weighted by Crippen LogP contribution is 2.40. The maximum absolute atomic E-state index is 13.0. The number of anilines is 2. The van der Waals surface area contributed by atoms with Crippen molar-refractivity contribution in [2.45, 2.75) is 19.8 Å². The molecule has 3 aromatic rings. The van der Waals surface area contributed by atoms with Gasteiger partial charge in [0.2, 0.25) is 0 Å². The van der Waals surface area contributed by atoms with Crippen molar-refractivity contribution >= 4 is 39.5 Å². The molecule has 32 heavy (non-hydrogen) atoms. The second-order valence-electron chi connectivity index (χ2n) is 7.58. The number of amides is 2. The van der Waals surface area contributed by atoms with Crippen LogP contribution >= 0.6 is 11.3 Å². The van der Waals surface area contributed by atoms with Crippen molar-refractivity contribution in [1.29, 1.82) is 0 Å². The number of nitrogens with zero attached hydrogens (tertiary/aromatic N) is 2. The lowest BCUT2D eigenvalue weighted by atomic mass is 10.0. The Hall–Kier alpha value is -3.72. The Bertz CT molecular complexity index is 1200. The summed E-state index contributed by atoms with van der Waals surface area (Å²) in [7, 11) is 0. The summed E-state index contributed by atoms with van der Waals surface area (Å²) in [6.07, 6.45) is 1.97. The van der Waals surface area contributed by atoms with E-state index in [4.69, 9.17) is 5.73 Å². The summed E-state index contributed by atoms with van der Waals surface area (Å²) in [4.78, 5) is 39.2. The van der Waals surface area contributed by atoms with E-state index in [9.17, 15) is 19.7 Å². The first-order chi connectivity index (χ1) is 15.4. The highest BCUT2D eigenvalue weighted by molar-refractivity contribution is 7.17.